The van der Waals surface area contributed by atoms with E-state index in [0.29, 0.717) is 5.92 Å². The van der Waals surface area contributed by atoms with E-state index in [0.717, 1.165) is 29.2 Å². The molecule has 1 nitrogen and oxygen atoms in total. The molecule has 1 atom stereocenters. The quantitative estimate of drug-likeness (QED) is 0.724. The summed E-state index contributed by atoms with van der Waals surface area (Å²) in [5.74, 6) is 1.54. The van der Waals surface area contributed by atoms with E-state index in [4.69, 9.17) is 0 Å². The summed E-state index contributed by atoms with van der Waals surface area (Å²) < 4.78 is 14.0. The average molecular weight is 269 g/mol. The molecule has 0 saturated heterocycles. The van der Waals surface area contributed by atoms with Gasteiger partial charge in [-0.1, -0.05) is 26.8 Å². The topological polar surface area (TPSA) is 12.0 Å². The van der Waals surface area contributed by atoms with E-state index >= 15 is 0 Å². The molecule has 3 heteroatoms. The maximum absolute atomic E-state index is 14.0. The van der Waals surface area contributed by atoms with Gasteiger partial charge < -0.3 is 5.32 Å². The summed E-state index contributed by atoms with van der Waals surface area (Å²) >= 11 is 1.75. The molecule has 1 aromatic carbocycles. The molecule has 0 aliphatic rings. The van der Waals surface area contributed by atoms with E-state index in [1.165, 1.54) is 0 Å². The molecule has 0 amide bonds. The van der Waals surface area contributed by atoms with E-state index < -0.39 is 0 Å². The monoisotopic (exact) mass is 269 g/mol. The molecule has 1 N–H and O–H groups in total. The third kappa shape index (κ3) is 4.62. The second kappa shape index (κ2) is 7.80. The van der Waals surface area contributed by atoms with Gasteiger partial charge in [0.2, 0.25) is 0 Å². The van der Waals surface area contributed by atoms with Crippen molar-refractivity contribution in [2.24, 2.45) is 5.92 Å². The normalized spacial score (nSPS) is 13.0. The fourth-order valence-corrected chi connectivity index (χ4v) is 2.90. The summed E-state index contributed by atoms with van der Waals surface area (Å²) in [6.45, 7) is 9.45. The van der Waals surface area contributed by atoms with Crippen molar-refractivity contribution in [3.05, 3.63) is 29.6 Å². The lowest BCUT2D eigenvalue weighted by Gasteiger charge is -2.18. The molecule has 0 aliphatic carbocycles. The Labute approximate surface area is 115 Å². The zero-order chi connectivity index (χ0) is 13.5. The molecule has 0 spiro atoms. The second-order valence-electron chi connectivity index (χ2n) is 5.03. The van der Waals surface area contributed by atoms with Crippen LogP contribution >= 0.6 is 11.8 Å². The standard InChI is InChI=1S/C15H24FNS/c1-5-9-17-12(4)15-13(16)7-6-8-14(15)18-10-11(2)3/h6-8,11-12,17H,5,9-10H2,1-4H3. The van der Waals surface area contributed by atoms with Gasteiger partial charge in [-0.25, -0.2) is 4.39 Å². The highest BCUT2D eigenvalue weighted by Gasteiger charge is 2.15. The van der Waals surface area contributed by atoms with Crippen LogP contribution in [0.25, 0.3) is 0 Å². The summed E-state index contributed by atoms with van der Waals surface area (Å²) in [5.41, 5.74) is 0.816. The fourth-order valence-electron chi connectivity index (χ4n) is 1.78. The summed E-state index contributed by atoms with van der Waals surface area (Å²) in [6, 6.07) is 5.45. The molecule has 0 bridgehead atoms. The van der Waals surface area contributed by atoms with Crippen LogP contribution in [0.4, 0.5) is 4.39 Å². The maximum Gasteiger partial charge on any atom is 0.129 e. The number of hydrogen-bond acceptors (Lipinski definition) is 2. The Morgan fingerprint density at radius 2 is 2.00 bits per heavy atom. The van der Waals surface area contributed by atoms with Crippen LogP contribution in [0.2, 0.25) is 0 Å². The average Bonchev–Trinajstić information content (AvgIpc) is 2.33. The lowest BCUT2D eigenvalue weighted by atomic mass is 10.1. The Bertz CT molecular complexity index is 366. The molecule has 0 aromatic heterocycles. The third-order valence-electron chi connectivity index (χ3n) is 2.72. The first kappa shape index (κ1) is 15.5. The van der Waals surface area contributed by atoms with Gasteiger partial charge in [-0.2, -0.15) is 0 Å². The van der Waals surface area contributed by atoms with Crippen LogP contribution in [0, 0.1) is 11.7 Å². The predicted molar refractivity (Wildman–Crippen MR) is 78.7 cm³/mol. The Morgan fingerprint density at radius 1 is 1.28 bits per heavy atom. The first-order valence-corrected chi connectivity index (χ1v) is 7.69. The van der Waals surface area contributed by atoms with Gasteiger partial charge in [0.1, 0.15) is 5.82 Å². The smallest absolute Gasteiger partial charge is 0.129 e. The molecule has 0 radical (unpaired) electrons. The minimum absolute atomic E-state index is 0.0702. The van der Waals surface area contributed by atoms with Crippen molar-refractivity contribution in [1.29, 1.82) is 0 Å². The van der Waals surface area contributed by atoms with E-state index in [2.05, 4.69) is 26.1 Å². The highest BCUT2D eigenvalue weighted by Crippen LogP contribution is 2.30. The number of rotatable bonds is 7. The highest BCUT2D eigenvalue weighted by molar-refractivity contribution is 7.99. The Hall–Kier alpha value is -0.540. The molecule has 0 aliphatic heterocycles. The Morgan fingerprint density at radius 3 is 2.61 bits per heavy atom. The van der Waals surface area contributed by atoms with Crippen LogP contribution in [0.15, 0.2) is 23.1 Å². The van der Waals surface area contributed by atoms with Crippen LogP contribution in [0.3, 0.4) is 0 Å². The van der Waals surface area contributed by atoms with Crippen molar-refractivity contribution in [3.63, 3.8) is 0 Å². The number of nitrogens with one attached hydrogen (secondary N) is 1. The van der Waals surface area contributed by atoms with E-state index in [9.17, 15) is 4.39 Å². The summed E-state index contributed by atoms with van der Waals surface area (Å²) in [7, 11) is 0. The minimum atomic E-state index is -0.0974. The van der Waals surface area contributed by atoms with Gasteiger partial charge in [-0.3, -0.25) is 0 Å². The molecular weight excluding hydrogens is 245 g/mol. The molecule has 18 heavy (non-hydrogen) atoms. The van der Waals surface area contributed by atoms with Gasteiger partial charge in [0, 0.05) is 22.3 Å². The predicted octanol–water partition coefficient (Wildman–Crippen LogP) is 4.63. The third-order valence-corrected chi connectivity index (χ3v) is 4.22. The largest absolute Gasteiger partial charge is 0.310 e. The van der Waals surface area contributed by atoms with Gasteiger partial charge in [0.05, 0.1) is 0 Å². The van der Waals surface area contributed by atoms with Gasteiger partial charge in [0.15, 0.2) is 0 Å². The number of benzene rings is 1. The summed E-state index contributed by atoms with van der Waals surface area (Å²) in [5, 5.41) is 3.36. The zero-order valence-electron chi connectivity index (χ0n) is 11.8. The molecule has 0 saturated carbocycles. The molecule has 1 unspecified atom stereocenters. The fraction of sp³-hybridized carbons (Fsp3) is 0.600. The Balaban J connectivity index is 2.85. The van der Waals surface area contributed by atoms with Crippen LogP contribution in [-0.2, 0) is 0 Å². The van der Waals surface area contributed by atoms with E-state index in [1.807, 2.05) is 13.0 Å². The van der Waals surface area contributed by atoms with E-state index in [1.54, 1.807) is 23.9 Å². The second-order valence-corrected chi connectivity index (χ2v) is 6.09. The number of hydrogen-bond donors (Lipinski definition) is 1. The number of thioether (sulfide) groups is 1. The summed E-state index contributed by atoms with van der Waals surface area (Å²) in [4.78, 5) is 1.07. The van der Waals surface area contributed by atoms with Gasteiger partial charge in [-0.15, -0.1) is 11.8 Å². The van der Waals surface area contributed by atoms with Crippen molar-refractivity contribution in [2.75, 3.05) is 12.3 Å². The van der Waals surface area contributed by atoms with Crippen molar-refractivity contribution in [2.45, 2.75) is 45.1 Å². The minimum Gasteiger partial charge on any atom is -0.310 e. The molecule has 0 fully saturated rings. The van der Waals surface area contributed by atoms with Gasteiger partial charge in [-0.05, 0) is 37.9 Å². The summed E-state index contributed by atoms with van der Waals surface area (Å²) in [6.07, 6.45) is 1.06. The molecule has 1 aromatic rings. The SMILES string of the molecule is CCCNC(C)c1c(F)cccc1SCC(C)C. The maximum atomic E-state index is 14.0. The first-order valence-electron chi connectivity index (χ1n) is 6.70. The lowest BCUT2D eigenvalue weighted by Crippen LogP contribution is -2.21. The van der Waals surface area contributed by atoms with Crippen LogP contribution in [-0.4, -0.2) is 12.3 Å². The Kier molecular flexibility index (Phi) is 6.72. The molecule has 0 heterocycles. The van der Waals surface area contributed by atoms with Crippen molar-refractivity contribution in [1.82, 2.24) is 5.32 Å². The highest BCUT2D eigenvalue weighted by atomic mass is 32.2. The van der Waals surface area contributed by atoms with Crippen molar-refractivity contribution in [3.8, 4) is 0 Å². The molecule has 102 valence electrons. The zero-order valence-corrected chi connectivity index (χ0v) is 12.6. The number of halogens is 1. The van der Waals surface area contributed by atoms with Crippen molar-refractivity contribution < 1.29 is 4.39 Å². The van der Waals surface area contributed by atoms with Gasteiger partial charge in [0.25, 0.3) is 0 Å². The first-order chi connectivity index (χ1) is 8.56. The van der Waals surface area contributed by atoms with Gasteiger partial charge >= 0.3 is 0 Å². The van der Waals surface area contributed by atoms with Crippen LogP contribution < -0.4 is 5.32 Å². The van der Waals surface area contributed by atoms with E-state index in [-0.39, 0.29) is 11.9 Å². The van der Waals surface area contributed by atoms with Crippen LogP contribution in [0.1, 0.15) is 45.7 Å². The lowest BCUT2D eigenvalue weighted by molar-refractivity contribution is 0.518. The molecular formula is C15H24FNS. The molecule has 1 rings (SSSR count). The van der Waals surface area contributed by atoms with Crippen LogP contribution in [0.5, 0.6) is 0 Å². The van der Waals surface area contributed by atoms with Crippen molar-refractivity contribution >= 4 is 11.8 Å².